The molecule has 4 heteroatoms. The van der Waals surface area contributed by atoms with Gasteiger partial charge in [-0.05, 0) is 39.2 Å². The molecular weight excluding hydrogens is 212 g/mol. The number of aromatic nitrogens is 2. The number of hydrogen-bond acceptors (Lipinski definition) is 3. The number of hydrogen-bond donors (Lipinski definition) is 1. The Labute approximate surface area is 104 Å². The summed E-state index contributed by atoms with van der Waals surface area (Å²) in [5.41, 5.74) is 5.59. The fourth-order valence-electron chi connectivity index (χ4n) is 2.83. The molecule has 1 saturated heterocycles. The highest BCUT2D eigenvalue weighted by molar-refractivity contribution is 5.23. The van der Waals surface area contributed by atoms with Crippen molar-refractivity contribution in [2.75, 3.05) is 12.3 Å². The van der Waals surface area contributed by atoms with Crippen molar-refractivity contribution in [2.45, 2.75) is 58.2 Å². The van der Waals surface area contributed by atoms with Gasteiger partial charge in [-0.2, -0.15) is 5.10 Å². The molecule has 96 valence electrons. The number of nitrogens with two attached hydrogens (primary N) is 1. The van der Waals surface area contributed by atoms with E-state index in [9.17, 15) is 0 Å². The Morgan fingerprint density at radius 1 is 1.29 bits per heavy atom. The highest BCUT2D eigenvalue weighted by Crippen LogP contribution is 2.22. The van der Waals surface area contributed by atoms with Crippen LogP contribution in [0.1, 0.15) is 39.5 Å². The summed E-state index contributed by atoms with van der Waals surface area (Å²) in [6, 6.07) is 3.33. The number of nitrogen functional groups attached to an aromatic ring is 1. The van der Waals surface area contributed by atoms with E-state index >= 15 is 0 Å². The van der Waals surface area contributed by atoms with Gasteiger partial charge in [-0.3, -0.25) is 9.58 Å². The summed E-state index contributed by atoms with van der Waals surface area (Å²) >= 11 is 0. The number of anilines is 1. The van der Waals surface area contributed by atoms with Crippen molar-refractivity contribution in [3.8, 4) is 0 Å². The van der Waals surface area contributed by atoms with E-state index in [0.29, 0.717) is 5.82 Å². The number of rotatable bonds is 4. The fraction of sp³-hybridized carbons (Fsp3) is 0.769. The van der Waals surface area contributed by atoms with Gasteiger partial charge < -0.3 is 5.73 Å². The van der Waals surface area contributed by atoms with E-state index in [1.54, 1.807) is 0 Å². The minimum absolute atomic E-state index is 0.615. The molecule has 2 N–H and O–H groups in total. The summed E-state index contributed by atoms with van der Waals surface area (Å²) in [5.74, 6) is 0.615. The Hall–Kier alpha value is -1.03. The molecule has 2 unspecified atom stereocenters. The molecule has 0 saturated carbocycles. The van der Waals surface area contributed by atoms with Gasteiger partial charge in [0.25, 0.3) is 0 Å². The third kappa shape index (κ3) is 3.22. The molecule has 2 heterocycles. The molecule has 0 radical (unpaired) electrons. The second-order valence-corrected chi connectivity index (χ2v) is 5.22. The molecule has 2 rings (SSSR count). The Morgan fingerprint density at radius 2 is 2.00 bits per heavy atom. The van der Waals surface area contributed by atoms with Crippen LogP contribution in [0, 0.1) is 0 Å². The molecule has 2 atom stereocenters. The first kappa shape index (κ1) is 12.4. The number of piperidine rings is 1. The molecule has 0 spiro atoms. The zero-order chi connectivity index (χ0) is 12.3. The van der Waals surface area contributed by atoms with Gasteiger partial charge in [-0.1, -0.05) is 6.42 Å². The molecule has 1 aliphatic rings. The van der Waals surface area contributed by atoms with Crippen molar-refractivity contribution in [1.29, 1.82) is 0 Å². The van der Waals surface area contributed by atoms with E-state index in [1.165, 1.54) is 25.8 Å². The SMILES string of the molecule is CC1CCCC(C)N1CCCn1ccc(N)n1. The molecule has 1 aliphatic heterocycles. The van der Waals surface area contributed by atoms with E-state index in [1.807, 2.05) is 16.9 Å². The lowest BCUT2D eigenvalue weighted by molar-refractivity contribution is 0.100. The lowest BCUT2D eigenvalue weighted by Gasteiger charge is -2.39. The van der Waals surface area contributed by atoms with Gasteiger partial charge in [0.1, 0.15) is 5.82 Å². The zero-order valence-corrected chi connectivity index (χ0v) is 11.0. The molecule has 0 bridgehead atoms. The van der Waals surface area contributed by atoms with Crippen LogP contribution in [0.3, 0.4) is 0 Å². The fourth-order valence-corrected chi connectivity index (χ4v) is 2.83. The molecule has 1 fully saturated rings. The lowest BCUT2D eigenvalue weighted by Crippen LogP contribution is -2.44. The van der Waals surface area contributed by atoms with Crippen LogP contribution < -0.4 is 5.73 Å². The normalized spacial score (nSPS) is 26.2. The second-order valence-electron chi connectivity index (χ2n) is 5.22. The topological polar surface area (TPSA) is 47.1 Å². The predicted molar refractivity (Wildman–Crippen MR) is 70.7 cm³/mol. The second kappa shape index (κ2) is 5.54. The van der Waals surface area contributed by atoms with Crippen molar-refractivity contribution in [2.24, 2.45) is 0 Å². The van der Waals surface area contributed by atoms with Crippen LogP contribution in [-0.2, 0) is 6.54 Å². The quantitative estimate of drug-likeness (QED) is 0.871. The van der Waals surface area contributed by atoms with Gasteiger partial charge in [0, 0.05) is 31.4 Å². The van der Waals surface area contributed by atoms with Crippen molar-refractivity contribution < 1.29 is 0 Å². The summed E-state index contributed by atoms with van der Waals surface area (Å²) < 4.78 is 1.94. The zero-order valence-electron chi connectivity index (χ0n) is 11.0. The summed E-state index contributed by atoms with van der Waals surface area (Å²) in [6.45, 7) is 6.83. The highest BCUT2D eigenvalue weighted by atomic mass is 15.3. The molecule has 0 amide bonds. The van der Waals surface area contributed by atoms with E-state index < -0.39 is 0 Å². The molecule has 0 aliphatic carbocycles. The van der Waals surface area contributed by atoms with E-state index in [2.05, 4.69) is 23.8 Å². The van der Waals surface area contributed by atoms with Crippen LogP contribution in [0.25, 0.3) is 0 Å². The monoisotopic (exact) mass is 236 g/mol. The summed E-state index contributed by atoms with van der Waals surface area (Å²) in [4.78, 5) is 2.64. The van der Waals surface area contributed by atoms with Gasteiger partial charge >= 0.3 is 0 Å². The van der Waals surface area contributed by atoms with E-state index in [4.69, 9.17) is 5.73 Å². The number of nitrogens with zero attached hydrogens (tertiary/aromatic N) is 3. The van der Waals surface area contributed by atoms with Gasteiger partial charge in [-0.25, -0.2) is 0 Å². The molecule has 1 aromatic rings. The van der Waals surface area contributed by atoms with Crippen molar-refractivity contribution in [3.63, 3.8) is 0 Å². The Balaban J connectivity index is 1.77. The minimum atomic E-state index is 0.615. The Morgan fingerprint density at radius 3 is 2.59 bits per heavy atom. The van der Waals surface area contributed by atoms with Crippen LogP contribution in [0.15, 0.2) is 12.3 Å². The smallest absolute Gasteiger partial charge is 0.145 e. The average Bonchev–Trinajstić information content (AvgIpc) is 2.69. The Kier molecular flexibility index (Phi) is 4.05. The van der Waals surface area contributed by atoms with Crippen LogP contribution >= 0.6 is 0 Å². The third-order valence-electron chi connectivity index (χ3n) is 3.84. The maximum atomic E-state index is 5.59. The van der Waals surface area contributed by atoms with Crippen LogP contribution in [-0.4, -0.2) is 33.3 Å². The number of aryl methyl sites for hydroxylation is 1. The van der Waals surface area contributed by atoms with E-state index in [-0.39, 0.29) is 0 Å². The van der Waals surface area contributed by atoms with Crippen LogP contribution in [0.5, 0.6) is 0 Å². The Bertz CT molecular complexity index is 337. The van der Waals surface area contributed by atoms with Crippen molar-refractivity contribution >= 4 is 5.82 Å². The molecular formula is C13H24N4. The molecule has 1 aromatic heterocycles. The average molecular weight is 236 g/mol. The maximum Gasteiger partial charge on any atom is 0.145 e. The summed E-state index contributed by atoms with van der Waals surface area (Å²) in [7, 11) is 0. The molecule has 0 aromatic carbocycles. The first-order chi connectivity index (χ1) is 8.16. The summed E-state index contributed by atoms with van der Waals surface area (Å²) in [6.07, 6.45) is 7.18. The van der Waals surface area contributed by atoms with Crippen LogP contribution in [0.2, 0.25) is 0 Å². The largest absolute Gasteiger partial charge is 0.382 e. The molecule has 17 heavy (non-hydrogen) atoms. The van der Waals surface area contributed by atoms with Crippen molar-refractivity contribution in [1.82, 2.24) is 14.7 Å². The minimum Gasteiger partial charge on any atom is -0.382 e. The summed E-state index contributed by atoms with van der Waals surface area (Å²) in [5, 5.41) is 4.21. The van der Waals surface area contributed by atoms with E-state index in [0.717, 1.165) is 25.0 Å². The van der Waals surface area contributed by atoms with Gasteiger partial charge in [0.2, 0.25) is 0 Å². The predicted octanol–water partition coefficient (Wildman–Crippen LogP) is 2.12. The first-order valence-electron chi connectivity index (χ1n) is 6.71. The first-order valence-corrected chi connectivity index (χ1v) is 6.71. The van der Waals surface area contributed by atoms with Gasteiger partial charge in [-0.15, -0.1) is 0 Å². The molecule has 4 nitrogen and oxygen atoms in total. The third-order valence-corrected chi connectivity index (χ3v) is 3.84. The maximum absolute atomic E-state index is 5.59. The van der Waals surface area contributed by atoms with Gasteiger partial charge in [0.15, 0.2) is 0 Å². The van der Waals surface area contributed by atoms with Crippen molar-refractivity contribution in [3.05, 3.63) is 12.3 Å². The van der Waals surface area contributed by atoms with Gasteiger partial charge in [0.05, 0.1) is 0 Å². The standard InChI is InChI=1S/C13H24N4/c1-11-5-3-6-12(2)17(11)9-4-8-16-10-7-13(14)15-16/h7,10-12H,3-6,8-9H2,1-2H3,(H2,14,15). The highest BCUT2D eigenvalue weighted by Gasteiger charge is 2.23. The number of likely N-dealkylation sites (tertiary alicyclic amines) is 1. The van der Waals surface area contributed by atoms with Crippen LogP contribution in [0.4, 0.5) is 5.82 Å². The lowest BCUT2D eigenvalue weighted by atomic mass is 9.97.